The highest BCUT2D eigenvalue weighted by atomic mass is 32.1. The van der Waals surface area contributed by atoms with Crippen LogP contribution < -0.4 is 16.0 Å². The lowest BCUT2D eigenvalue weighted by molar-refractivity contribution is -0.115. The summed E-state index contributed by atoms with van der Waals surface area (Å²) in [4.78, 5) is 24.2. The molecule has 7 nitrogen and oxygen atoms in total. The first-order valence-corrected chi connectivity index (χ1v) is 10.1. The fourth-order valence-electron chi connectivity index (χ4n) is 3.16. The number of carbonyl (C=O) groups is 1. The van der Waals surface area contributed by atoms with Gasteiger partial charge in [-0.05, 0) is 49.5 Å². The van der Waals surface area contributed by atoms with Gasteiger partial charge in [0.25, 0.3) is 0 Å². The van der Waals surface area contributed by atoms with Crippen LogP contribution in [0.15, 0.2) is 47.0 Å². The van der Waals surface area contributed by atoms with Crippen LogP contribution in [0, 0.1) is 0 Å². The van der Waals surface area contributed by atoms with Gasteiger partial charge in [0.05, 0.1) is 24.5 Å². The molecule has 0 aromatic carbocycles. The minimum absolute atomic E-state index is 0.139. The Kier molecular flexibility index (Phi) is 7.18. The molecular formula is C19H26N6OS. The second kappa shape index (κ2) is 10.0. The maximum absolute atomic E-state index is 12.1. The number of pyridine rings is 1. The van der Waals surface area contributed by atoms with Gasteiger partial charge in [0.2, 0.25) is 5.91 Å². The van der Waals surface area contributed by atoms with Gasteiger partial charge in [-0.2, -0.15) is 0 Å². The first-order chi connectivity index (χ1) is 13.3. The molecule has 3 heterocycles. The predicted molar refractivity (Wildman–Crippen MR) is 110 cm³/mol. The molecule has 1 saturated heterocycles. The number of aliphatic imine (C=N–C) groups is 1. The minimum atomic E-state index is -0.139. The van der Waals surface area contributed by atoms with E-state index in [2.05, 4.69) is 48.3 Å². The third-order valence-corrected chi connectivity index (χ3v) is 5.47. The minimum Gasteiger partial charge on any atom is -0.354 e. The van der Waals surface area contributed by atoms with E-state index in [-0.39, 0.29) is 12.5 Å². The summed E-state index contributed by atoms with van der Waals surface area (Å²) in [6, 6.07) is 8.20. The van der Waals surface area contributed by atoms with Gasteiger partial charge in [-0.25, -0.2) is 0 Å². The van der Waals surface area contributed by atoms with Crippen LogP contribution in [0.2, 0.25) is 0 Å². The Bertz CT molecular complexity index is 728. The van der Waals surface area contributed by atoms with Gasteiger partial charge in [0.15, 0.2) is 5.96 Å². The quantitative estimate of drug-likeness (QED) is 0.501. The molecule has 0 bridgehead atoms. The highest BCUT2D eigenvalue weighted by Crippen LogP contribution is 2.27. The van der Waals surface area contributed by atoms with E-state index in [1.54, 1.807) is 42.9 Å². The van der Waals surface area contributed by atoms with Gasteiger partial charge in [-0.3, -0.25) is 19.7 Å². The molecule has 0 saturated carbocycles. The second-order valence-electron chi connectivity index (χ2n) is 6.37. The molecule has 0 radical (unpaired) electrons. The molecule has 3 N–H and O–H groups in total. The molecule has 0 aliphatic carbocycles. The molecule has 1 aliphatic heterocycles. The van der Waals surface area contributed by atoms with Crippen molar-refractivity contribution in [2.45, 2.75) is 18.9 Å². The number of nitrogens with zero attached hydrogens (tertiary/aromatic N) is 3. The fourth-order valence-corrected chi connectivity index (χ4v) is 4.02. The second-order valence-corrected chi connectivity index (χ2v) is 7.35. The molecule has 1 fully saturated rings. The monoisotopic (exact) mass is 386 g/mol. The van der Waals surface area contributed by atoms with Crippen LogP contribution in [0.5, 0.6) is 0 Å². The largest absolute Gasteiger partial charge is 0.354 e. The van der Waals surface area contributed by atoms with Crippen LogP contribution in [0.1, 0.15) is 23.8 Å². The van der Waals surface area contributed by atoms with Gasteiger partial charge in [0.1, 0.15) is 0 Å². The lowest BCUT2D eigenvalue weighted by Crippen LogP contribution is -2.44. The van der Waals surface area contributed by atoms with Gasteiger partial charge < -0.3 is 16.0 Å². The van der Waals surface area contributed by atoms with Crippen molar-refractivity contribution in [2.24, 2.45) is 4.99 Å². The molecule has 1 aliphatic rings. The predicted octanol–water partition coefficient (Wildman–Crippen LogP) is 2.08. The number of thiophene rings is 1. The summed E-state index contributed by atoms with van der Waals surface area (Å²) in [7, 11) is 1.71. The summed E-state index contributed by atoms with van der Waals surface area (Å²) in [5, 5.41) is 11.4. The number of aromatic nitrogens is 1. The lowest BCUT2D eigenvalue weighted by Gasteiger charge is -2.27. The van der Waals surface area contributed by atoms with Gasteiger partial charge in [-0.15, -0.1) is 11.3 Å². The molecule has 2 aromatic rings. The molecule has 1 unspecified atom stereocenters. The van der Waals surface area contributed by atoms with E-state index < -0.39 is 0 Å². The van der Waals surface area contributed by atoms with Gasteiger partial charge >= 0.3 is 0 Å². The summed E-state index contributed by atoms with van der Waals surface area (Å²) in [5.74, 6) is 0.484. The number of guanidine groups is 1. The zero-order valence-electron chi connectivity index (χ0n) is 15.5. The van der Waals surface area contributed by atoms with Crippen LogP contribution in [0.4, 0.5) is 5.69 Å². The van der Waals surface area contributed by atoms with Crippen LogP contribution in [0.25, 0.3) is 0 Å². The lowest BCUT2D eigenvalue weighted by atomic mass is 10.2. The van der Waals surface area contributed by atoms with Crippen LogP contribution in [-0.4, -0.2) is 55.0 Å². The van der Waals surface area contributed by atoms with E-state index in [0.29, 0.717) is 17.7 Å². The number of likely N-dealkylation sites (tertiary alicyclic amines) is 1. The average Bonchev–Trinajstić information content (AvgIpc) is 3.40. The molecule has 1 atom stereocenters. The summed E-state index contributed by atoms with van der Waals surface area (Å²) in [5.41, 5.74) is 0.680. The fraction of sp³-hybridized carbons (Fsp3) is 0.421. The zero-order chi connectivity index (χ0) is 18.9. The van der Waals surface area contributed by atoms with Crippen molar-refractivity contribution in [3.8, 4) is 0 Å². The number of amides is 1. The maximum Gasteiger partial charge on any atom is 0.243 e. The van der Waals surface area contributed by atoms with Crippen molar-refractivity contribution in [1.82, 2.24) is 20.5 Å². The maximum atomic E-state index is 12.1. The third kappa shape index (κ3) is 5.77. The van der Waals surface area contributed by atoms with Gasteiger partial charge in [-0.1, -0.05) is 6.07 Å². The number of rotatable bonds is 7. The Morgan fingerprint density at radius 3 is 2.81 bits per heavy atom. The van der Waals surface area contributed by atoms with Gasteiger partial charge in [0, 0.05) is 24.7 Å². The van der Waals surface area contributed by atoms with Crippen LogP contribution >= 0.6 is 11.3 Å². The first kappa shape index (κ1) is 19.3. The topological polar surface area (TPSA) is 81.6 Å². The Morgan fingerprint density at radius 1 is 1.30 bits per heavy atom. The summed E-state index contributed by atoms with van der Waals surface area (Å²) in [6.45, 7) is 3.15. The van der Waals surface area contributed by atoms with Crippen LogP contribution in [-0.2, 0) is 4.79 Å². The Labute approximate surface area is 163 Å². The van der Waals surface area contributed by atoms with E-state index in [0.717, 1.165) is 19.6 Å². The van der Waals surface area contributed by atoms with Crippen molar-refractivity contribution in [3.63, 3.8) is 0 Å². The first-order valence-electron chi connectivity index (χ1n) is 9.18. The molecule has 27 heavy (non-hydrogen) atoms. The van der Waals surface area contributed by atoms with E-state index in [1.807, 2.05) is 0 Å². The van der Waals surface area contributed by atoms with Crippen molar-refractivity contribution < 1.29 is 4.79 Å². The average molecular weight is 387 g/mol. The number of anilines is 1. The molecule has 8 heteroatoms. The third-order valence-electron chi connectivity index (χ3n) is 4.50. The number of nitrogens with one attached hydrogen (secondary N) is 3. The van der Waals surface area contributed by atoms with Crippen molar-refractivity contribution in [3.05, 3.63) is 46.9 Å². The highest BCUT2D eigenvalue weighted by molar-refractivity contribution is 7.10. The number of hydrogen-bond acceptors (Lipinski definition) is 5. The van der Waals surface area contributed by atoms with Crippen molar-refractivity contribution in [2.75, 3.05) is 38.5 Å². The number of carbonyl (C=O) groups excluding carboxylic acids is 1. The molecular weight excluding hydrogens is 360 g/mol. The van der Waals surface area contributed by atoms with E-state index in [9.17, 15) is 4.79 Å². The normalized spacial score (nSPS) is 16.1. The highest BCUT2D eigenvalue weighted by Gasteiger charge is 2.24. The van der Waals surface area contributed by atoms with Crippen molar-refractivity contribution in [1.29, 1.82) is 0 Å². The standard InChI is InChI=1S/C19H26N6OS/c1-20-19(23-14-18(26)24-15-6-4-8-21-12-15)22-13-16(17-7-5-11-27-17)25-9-2-3-10-25/h4-8,11-12,16H,2-3,9-10,13-14H2,1H3,(H,24,26)(H2,20,22,23). The molecule has 0 spiro atoms. The van der Waals surface area contributed by atoms with E-state index in [4.69, 9.17) is 0 Å². The smallest absolute Gasteiger partial charge is 0.243 e. The van der Waals surface area contributed by atoms with Crippen LogP contribution in [0.3, 0.4) is 0 Å². The Balaban J connectivity index is 1.49. The summed E-state index contributed by atoms with van der Waals surface area (Å²) < 4.78 is 0. The molecule has 2 aromatic heterocycles. The molecule has 144 valence electrons. The van der Waals surface area contributed by atoms with E-state index in [1.165, 1.54) is 17.7 Å². The molecule has 1 amide bonds. The van der Waals surface area contributed by atoms with Crippen molar-refractivity contribution >= 4 is 28.9 Å². The molecule has 3 rings (SSSR count). The van der Waals surface area contributed by atoms with E-state index >= 15 is 0 Å². The summed E-state index contributed by atoms with van der Waals surface area (Å²) >= 11 is 1.78. The summed E-state index contributed by atoms with van der Waals surface area (Å²) in [6.07, 6.45) is 5.80. The number of hydrogen-bond donors (Lipinski definition) is 3. The Hall–Kier alpha value is -2.45. The zero-order valence-corrected chi connectivity index (χ0v) is 16.3. The Morgan fingerprint density at radius 2 is 2.15 bits per heavy atom. The SMILES string of the molecule is CN=C(NCC(=O)Nc1cccnc1)NCC(c1cccs1)N1CCCC1.